The van der Waals surface area contributed by atoms with Gasteiger partial charge < -0.3 is 5.73 Å². The molecule has 78 valence electrons. The van der Waals surface area contributed by atoms with Gasteiger partial charge in [0.2, 0.25) is 0 Å². The summed E-state index contributed by atoms with van der Waals surface area (Å²) in [5.41, 5.74) is 7.52. The van der Waals surface area contributed by atoms with Crippen molar-refractivity contribution in [1.82, 2.24) is 0 Å². The first-order chi connectivity index (χ1) is 7.08. The second-order valence-corrected chi connectivity index (χ2v) is 3.83. The number of benzene rings is 1. The molecule has 1 heterocycles. The number of hydrogen-bond donors (Lipinski definition) is 1. The Morgan fingerprint density at radius 3 is 2.80 bits per heavy atom. The minimum absolute atomic E-state index is 0.0478. The molecule has 2 rings (SSSR count). The predicted octanol–water partition coefficient (Wildman–Crippen LogP) is 2.03. The maximum atomic E-state index is 11.5. The molecule has 0 bridgehead atoms. The zero-order valence-electron chi connectivity index (χ0n) is 8.20. The van der Waals surface area contributed by atoms with Crippen LogP contribution < -0.4 is 10.7 Å². The van der Waals surface area contributed by atoms with Crippen LogP contribution in [0.3, 0.4) is 0 Å². The number of amides is 1. The fourth-order valence-electron chi connectivity index (χ4n) is 1.41. The number of hydrazone groups is 1. The van der Waals surface area contributed by atoms with Gasteiger partial charge >= 0.3 is 0 Å². The molecule has 4 nitrogen and oxygen atoms in total. The van der Waals surface area contributed by atoms with Crippen LogP contribution in [0.1, 0.15) is 13.3 Å². The van der Waals surface area contributed by atoms with Gasteiger partial charge in [-0.1, -0.05) is 11.6 Å². The Labute approximate surface area is 92.3 Å². The molecule has 1 aliphatic heterocycles. The lowest BCUT2D eigenvalue weighted by atomic mass is 10.2. The van der Waals surface area contributed by atoms with E-state index in [-0.39, 0.29) is 5.91 Å². The molecule has 0 unspecified atom stereocenters. The standard InChI is InChI=1S/C10H10ClN3O/c1-6-4-10(15)14(13-6)7-2-3-9(12)8(11)5-7/h2-3,5H,4,12H2,1H3. The van der Waals surface area contributed by atoms with Crippen LogP contribution in [0, 0.1) is 0 Å². The molecule has 0 fully saturated rings. The molecule has 5 heteroatoms. The number of carbonyl (C=O) groups is 1. The second kappa shape index (κ2) is 3.55. The average molecular weight is 224 g/mol. The van der Waals surface area contributed by atoms with Crippen LogP contribution in [0.4, 0.5) is 11.4 Å². The molecule has 0 radical (unpaired) electrons. The predicted molar refractivity (Wildman–Crippen MR) is 61.1 cm³/mol. The maximum Gasteiger partial charge on any atom is 0.253 e. The summed E-state index contributed by atoms with van der Waals surface area (Å²) in [6, 6.07) is 5.02. The molecule has 1 amide bonds. The summed E-state index contributed by atoms with van der Waals surface area (Å²) in [5, 5.41) is 5.89. The van der Waals surface area contributed by atoms with Crippen LogP contribution >= 0.6 is 11.6 Å². The van der Waals surface area contributed by atoms with Gasteiger partial charge in [-0.25, -0.2) is 5.01 Å². The van der Waals surface area contributed by atoms with Crippen molar-refractivity contribution in [2.24, 2.45) is 5.10 Å². The molecule has 0 spiro atoms. The summed E-state index contributed by atoms with van der Waals surface area (Å²) in [6.07, 6.45) is 0.363. The van der Waals surface area contributed by atoms with E-state index in [1.807, 2.05) is 6.92 Å². The van der Waals surface area contributed by atoms with Gasteiger partial charge in [-0.3, -0.25) is 4.79 Å². The van der Waals surface area contributed by atoms with E-state index in [1.165, 1.54) is 5.01 Å². The minimum atomic E-state index is -0.0478. The Morgan fingerprint density at radius 1 is 1.53 bits per heavy atom. The van der Waals surface area contributed by atoms with Crippen LogP contribution in [-0.2, 0) is 4.79 Å². The van der Waals surface area contributed by atoms with Crippen molar-refractivity contribution < 1.29 is 4.79 Å². The lowest BCUT2D eigenvalue weighted by Gasteiger charge is -2.12. The summed E-state index contributed by atoms with van der Waals surface area (Å²) >= 11 is 5.86. The topological polar surface area (TPSA) is 58.7 Å². The molecule has 2 N–H and O–H groups in total. The molecule has 0 saturated carbocycles. The Kier molecular flexibility index (Phi) is 2.36. The van der Waals surface area contributed by atoms with Crippen LogP contribution in [0.15, 0.2) is 23.3 Å². The van der Waals surface area contributed by atoms with Gasteiger partial charge in [0.25, 0.3) is 5.91 Å². The average Bonchev–Trinajstić information content (AvgIpc) is 2.50. The van der Waals surface area contributed by atoms with Gasteiger partial charge in [0.1, 0.15) is 0 Å². The third kappa shape index (κ3) is 1.80. The number of nitrogens with two attached hydrogens (primary N) is 1. The summed E-state index contributed by atoms with van der Waals surface area (Å²) in [5.74, 6) is -0.0478. The van der Waals surface area contributed by atoms with E-state index < -0.39 is 0 Å². The molecule has 0 saturated heterocycles. The normalized spacial score (nSPS) is 15.7. The van der Waals surface area contributed by atoms with Crippen molar-refractivity contribution in [3.8, 4) is 0 Å². The van der Waals surface area contributed by atoms with E-state index in [4.69, 9.17) is 17.3 Å². The first-order valence-electron chi connectivity index (χ1n) is 4.50. The number of rotatable bonds is 1. The van der Waals surface area contributed by atoms with Gasteiger partial charge in [0.15, 0.2) is 0 Å². The maximum absolute atomic E-state index is 11.5. The van der Waals surface area contributed by atoms with E-state index in [2.05, 4.69) is 5.10 Å². The second-order valence-electron chi connectivity index (χ2n) is 3.42. The summed E-state index contributed by atoms with van der Waals surface area (Å²) in [7, 11) is 0. The van der Waals surface area contributed by atoms with Crippen LogP contribution in [0.25, 0.3) is 0 Å². The Morgan fingerprint density at radius 2 is 2.27 bits per heavy atom. The van der Waals surface area contributed by atoms with Crippen molar-refractivity contribution in [3.63, 3.8) is 0 Å². The fraction of sp³-hybridized carbons (Fsp3) is 0.200. The first kappa shape index (κ1) is 9.98. The van der Waals surface area contributed by atoms with Crippen molar-refractivity contribution in [1.29, 1.82) is 0 Å². The van der Waals surface area contributed by atoms with E-state index in [9.17, 15) is 4.79 Å². The third-order valence-electron chi connectivity index (χ3n) is 2.14. The van der Waals surface area contributed by atoms with Gasteiger partial charge in [0, 0.05) is 5.71 Å². The first-order valence-corrected chi connectivity index (χ1v) is 4.88. The highest BCUT2D eigenvalue weighted by atomic mass is 35.5. The Hall–Kier alpha value is -1.55. The number of anilines is 2. The summed E-state index contributed by atoms with van der Waals surface area (Å²) in [6.45, 7) is 1.82. The molecular formula is C10H10ClN3O. The van der Waals surface area contributed by atoms with Gasteiger partial charge in [-0.05, 0) is 25.1 Å². The lowest BCUT2D eigenvalue weighted by molar-refractivity contribution is -0.116. The van der Waals surface area contributed by atoms with Crippen molar-refractivity contribution in [2.45, 2.75) is 13.3 Å². The van der Waals surface area contributed by atoms with Gasteiger partial charge in [-0.15, -0.1) is 0 Å². The number of halogens is 1. The number of hydrogen-bond acceptors (Lipinski definition) is 3. The van der Waals surface area contributed by atoms with E-state index >= 15 is 0 Å². The Balaban J connectivity index is 2.38. The van der Waals surface area contributed by atoms with Gasteiger partial charge in [0.05, 0.1) is 22.8 Å². The molecule has 1 aliphatic rings. The molecule has 0 aliphatic carbocycles. The van der Waals surface area contributed by atoms with E-state index in [1.54, 1.807) is 18.2 Å². The summed E-state index contributed by atoms with van der Waals surface area (Å²) < 4.78 is 0. The van der Waals surface area contributed by atoms with Crippen LogP contribution in [0.5, 0.6) is 0 Å². The fourth-order valence-corrected chi connectivity index (χ4v) is 1.58. The molecule has 1 aromatic carbocycles. The van der Waals surface area contributed by atoms with E-state index in [0.29, 0.717) is 22.8 Å². The van der Waals surface area contributed by atoms with Crippen LogP contribution in [-0.4, -0.2) is 11.6 Å². The molecule has 0 atom stereocenters. The largest absolute Gasteiger partial charge is 0.398 e. The van der Waals surface area contributed by atoms with Crippen LogP contribution in [0.2, 0.25) is 5.02 Å². The number of nitrogen functional groups attached to an aromatic ring is 1. The summed E-state index contributed by atoms with van der Waals surface area (Å²) in [4.78, 5) is 11.5. The molecular weight excluding hydrogens is 214 g/mol. The Bertz CT molecular complexity index is 456. The highest BCUT2D eigenvalue weighted by Gasteiger charge is 2.22. The van der Waals surface area contributed by atoms with Crippen molar-refractivity contribution >= 4 is 34.6 Å². The third-order valence-corrected chi connectivity index (χ3v) is 2.47. The van der Waals surface area contributed by atoms with Crippen molar-refractivity contribution in [2.75, 3.05) is 10.7 Å². The van der Waals surface area contributed by atoms with Gasteiger partial charge in [-0.2, -0.15) is 5.10 Å². The molecule has 0 aromatic heterocycles. The number of carbonyl (C=O) groups excluding carboxylic acids is 1. The highest BCUT2D eigenvalue weighted by molar-refractivity contribution is 6.33. The highest BCUT2D eigenvalue weighted by Crippen LogP contribution is 2.27. The monoisotopic (exact) mass is 223 g/mol. The smallest absolute Gasteiger partial charge is 0.253 e. The zero-order valence-corrected chi connectivity index (χ0v) is 8.95. The van der Waals surface area contributed by atoms with E-state index in [0.717, 1.165) is 5.71 Å². The molecule has 1 aromatic rings. The zero-order chi connectivity index (χ0) is 11.0. The lowest BCUT2D eigenvalue weighted by Crippen LogP contribution is -2.19. The SMILES string of the molecule is CC1=NN(c2ccc(N)c(Cl)c2)C(=O)C1. The molecule has 15 heavy (non-hydrogen) atoms. The van der Waals surface area contributed by atoms with Crippen molar-refractivity contribution in [3.05, 3.63) is 23.2 Å². The minimum Gasteiger partial charge on any atom is -0.398 e. The quantitative estimate of drug-likeness (QED) is 0.741. The number of nitrogens with zero attached hydrogens (tertiary/aromatic N) is 2.